The molecule has 1 aromatic carbocycles. The van der Waals surface area contributed by atoms with E-state index in [4.69, 9.17) is 0 Å². The molecule has 2 bridgehead atoms. The van der Waals surface area contributed by atoms with Gasteiger partial charge in [0.2, 0.25) is 0 Å². The lowest BCUT2D eigenvalue weighted by molar-refractivity contribution is 0.505. The van der Waals surface area contributed by atoms with Crippen LogP contribution in [0.15, 0.2) is 52.1 Å². The Kier molecular flexibility index (Phi) is 2.09. The molecule has 5 nitrogen and oxygen atoms in total. The minimum absolute atomic E-state index is 0.0739. The first kappa shape index (κ1) is 11.0. The zero-order valence-corrected chi connectivity index (χ0v) is 11.4. The van der Waals surface area contributed by atoms with Crippen molar-refractivity contribution < 1.29 is 0 Å². The van der Waals surface area contributed by atoms with Gasteiger partial charge in [-0.25, -0.2) is 23.5 Å². The summed E-state index contributed by atoms with van der Waals surface area (Å²) < 4.78 is 4.31. The lowest BCUT2D eigenvalue weighted by atomic mass is 10.2. The number of nitrogens with zero attached hydrogens (tertiary/aromatic N) is 3. The van der Waals surface area contributed by atoms with Crippen molar-refractivity contribution in [2.24, 2.45) is 0 Å². The Morgan fingerprint density at radius 3 is 1.95 bits per heavy atom. The molecular formula is C13H10BrN3O2. The summed E-state index contributed by atoms with van der Waals surface area (Å²) in [6.07, 6.45) is 3.94. The summed E-state index contributed by atoms with van der Waals surface area (Å²) in [7, 11) is 0. The van der Waals surface area contributed by atoms with Gasteiger partial charge in [0, 0.05) is 0 Å². The molecule has 0 fully saturated rings. The van der Waals surface area contributed by atoms with Crippen LogP contribution in [0.2, 0.25) is 0 Å². The first-order valence-electron chi connectivity index (χ1n) is 6.04. The molecule has 0 amide bonds. The molecule has 2 aliphatic rings. The van der Waals surface area contributed by atoms with Gasteiger partial charge in [-0.2, -0.15) is 0 Å². The molecule has 0 radical (unpaired) electrons. The Bertz CT molecular complexity index is 754. The molecule has 1 aliphatic carbocycles. The second-order valence-corrected chi connectivity index (χ2v) is 5.79. The highest BCUT2D eigenvalue weighted by atomic mass is 79.9. The summed E-state index contributed by atoms with van der Waals surface area (Å²) in [6, 6.07) is 8.87. The normalized spacial score (nSPS) is 26.9. The fourth-order valence-electron chi connectivity index (χ4n) is 2.89. The molecule has 1 aromatic heterocycles. The molecule has 2 heterocycles. The summed E-state index contributed by atoms with van der Waals surface area (Å²) in [5, 5.41) is 0. The van der Waals surface area contributed by atoms with E-state index in [0.717, 1.165) is 0 Å². The van der Waals surface area contributed by atoms with Crippen LogP contribution in [0, 0.1) is 0 Å². The van der Waals surface area contributed by atoms with Crippen LogP contribution in [0.5, 0.6) is 0 Å². The third kappa shape index (κ3) is 1.24. The van der Waals surface area contributed by atoms with E-state index in [2.05, 4.69) is 15.9 Å². The van der Waals surface area contributed by atoms with Crippen LogP contribution in [0.25, 0.3) is 5.69 Å². The molecule has 2 atom stereocenters. The minimum atomic E-state index is -0.280. The molecule has 1 aliphatic heterocycles. The number of aromatic nitrogens is 3. The van der Waals surface area contributed by atoms with E-state index in [1.165, 1.54) is 4.57 Å². The van der Waals surface area contributed by atoms with Gasteiger partial charge in [0.25, 0.3) is 0 Å². The van der Waals surface area contributed by atoms with Crippen LogP contribution < -0.4 is 11.4 Å². The number of benzene rings is 1. The quantitative estimate of drug-likeness (QED) is 0.586. The van der Waals surface area contributed by atoms with E-state index < -0.39 is 0 Å². The van der Waals surface area contributed by atoms with Gasteiger partial charge in [0.05, 0.1) is 22.6 Å². The van der Waals surface area contributed by atoms with Gasteiger partial charge in [0.15, 0.2) is 0 Å². The van der Waals surface area contributed by atoms with Gasteiger partial charge in [-0.05, 0) is 12.1 Å². The van der Waals surface area contributed by atoms with Crippen LogP contribution in [-0.2, 0) is 0 Å². The molecule has 0 saturated heterocycles. The molecular weight excluding hydrogens is 310 g/mol. The summed E-state index contributed by atoms with van der Waals surface area (Å²) in [5.74, 6) is 0. The molecule has 0 N–H and O–H groups in total. The lowest BCUT2D eigenvalue weighted by Crippen LogP contribution is -2.30. The first-order chi connectivity index (χ1) is 9.20. The van der Waals surface area contributed by atoms with Gasteiger partial charge in [-0.15, -0.1) is 0 Å². The van der Waals surface area contributed by atoms with E-state index >= 15 is 0 Å². The summed E-state index contributed by atoms with van der Waals surface area (Å²) in [5.41, 5.74) is 0.0485. The highest BCUT2D eigenvalue weighted by Crippen LogP contribution is 2.41. The number of alkyl halides is 1. The van der Waals surface area contributed by atoms with E-state index in [1.54, 1.807) is 21.5 Å². The zero-order chi connectivity index (χ0) is 13.1. The van der Waals surface area contributed by atoms with Crippen molar-refractivity contribution in [2.75, 3.05) is 0 Å². The van der Waals surface area contributed by atoms with Gasteiger partial charge in [-0.3, -0.25) is 0 Å². The molecule has 4 rings (SSSR count). The van der Waals surface area contributed by atoms with Crippen LogP contribution in [0.1, 0.15) is 12.1 Å². The third-order valence-electron chi connectivity index (χ3n) is 3.74. The highest BCUT2D eigenvalue weighted by molar-refractivity contribution is 9.09. The largest absolute Gasteiger partial charge is 0.352 e. The van der Waals surface area contributed by atoms with Crippen molar-refractivity contribution >= 4 is 15.9 Å². The molecule has 19 heavy (non-hydrogen) atoms. The molecule has 0 spiro atoms. The van der Waals surface area contributed by atoms with Gasteiger partial charge < -0.3 is 0 Å². The number of hydrogen-bond donors (Lipinski definition) is 0. The van der Waals surface area contributed by atoms with Crippen molar-refractivity contribution in [3.8, 4) is 5.69 Å². The smallest absolute Gasteiger partial charge is 0.245 e. The number of fused-ring (bicyclic) bond motifs is 5. The average molecular weight is 320 g/mol. The standard InChI is InChI=1S/C13H10BrN3O2/c14-11-9-6-7-10(11)17-13(19)15(12(18)16(9)17)8-4-2-1-3-5-8/h1-7,9-11H. The van der Waals surface area contributed by atoms with Gasteiger partial charge in [-0.1, -0.05) is 46.3 Å². The maximum Gasteiger partial charge on any atom is 0.352 e. The third-order valence-corrected chi connectivity index (χ3v) is 4.83. The Labute approximate surface area is 116 Å². The van der Waals surface area contributed by atoms with E-state index in [1.807, 2.05) is 30.4 Å². The number of halogens is 1. The Hall–Kier alpha value is -1.82. The Morgan fingerprint density at radius 1 is 0.895 bits per heavy atom. The molecule has 2 aromatic rings. The number of para-hydroxylation sites is 1. The van der Waals surface area contributed by atoms with Crippen LogP contribution in [0.3, 0.4) is 0 Å². The predicted octanol–water partition coefficient (Wildman–Crippen LogP) is 1.23. The first-order valence-corrected chi connectivity index (χ1v) is 6.95. The van der Waals surface area contributed by atoms with Crippen molar-refractivity contribution in [3.63, 3.8) is 0 Å². The van der Waals surface area contributed by atoms with Crippen LogP contribution >= 0.6 is 15.9 Å². The number of rotatable bonds is 1. The SMILES string of the molecule is O=c1n(-c2ccccc2)c(=O)n2n1C1C=CC2C1Br. The zero-order valence-electron chi connectivity index (χ0n) is 9.81. The number of hydrogen-bond acceptors (Lipinski definition) is 2. The van der Waals surface area contributed by atoms with Crippen LogP contribution in [-0.4, -0.2) is 18.8 Å². The van der Waals surface area contributed by atoms with Gasteiger partial charge in [0.1, 0.15) is 0 Å². The number of allylic oxidation sites excluding steroid dienone is 2. The maximum atomic E-state index is 12.5. The second kappa shape index (κ2) is 3.60. The summed E-state index contributed by atoms with van der Waals surface area (Å²) in [4.78, 5) is 25.0. The highest BCUT2D eigenvalue weighted by Gasteiger charge is 2.44. The van der Waals surface area contributed by atoms with Crippen molar-refractivity contribution in [1.82, 2.24) is 13.9 Å². The second-order valence-electron chi connectivity index (χ2n) is 4.74. The van der Waals surface area contributed by atoms with Crippen LogP contribution in [0.4, 0.5) is 0 Å². The Balaban J connectivity index is 2.03. The monoisotopic (exact) mass is 319 g/mol. The molecule has 2 unspecified atom stereocenters. The van der Waals surface area contributed by atoms with Crippen molar-refractivity contribution in [3.05, 3.63) is 63.5 Å². The molecule has 6 heteroatoms. The fourth-order valence-corrected chi connectivity index (χ4v) is 3.69. The van der Waals surface area contributed by atoms with Gasteiger partial charge >= 0.3 is 11.4 Å². The van der Waals surface area contributed by atoms with Crippen molar-refractivity contribution in [1.29, 1.82) is 0 Å². The summed E-state index contributed by atoms with van der Waals surface area (Å²) in [6.45, 7) is 0. The molecule has 0 saturated carbocycles. The maximum absolute atomic E-state index is 12.5. The van der Waals surface area contributed by atoms with E-state index in [9.17, 15) is 9.59 Å². The summed E-state index contributed by atoms with van der Waals surface area (Å²) >= 11 is 3.55. The lowest BCUT2D eigenvalue weighted by Gasteiger charge is -2.07. The van der Waals surface area contributed by atoms with E-state index in [-0.39, 0.29) is 28.3 Å². The van der Waals surface area contributed by atoms with E-state index in [0.29, 0.717) is 5.69 Å². The Morgan fingerprint density at radius 2 is 1.42 bits per heavy atom. The molecule has 96 valence electrons. The fraction of sp³-hybridized carbons (Fsp3) is 0.231. The predicted molar refractivity (Wildman–Crippen MR) is 74.2 cm³/mol. The average Bonchev–Trinajstić information content (AvgIpc) is 3.01. The minimum Gasteiger partial charge on any atom is -0.245 e. The topological polar surface area (TPSA) is 48.9 Å². The van der Waals surface area contributed by atoms with Crippen molar-refractivity contribution in [2.45, 2.75) is 16.9 Å².